The van der Waals surface area contributed by atoms with Crippen LogP contribution in [0.1, 0.15) is 21.5 Å². The Bertz CT molecular complexity index is 953. The maximum Gasteiger partial charge on any atom is 0.337 e. The molecule has 1 amide bonds. The van der Waals surface area contributed by atoms with Gasteiger partial charge < -0.3 is 10.1 Å². The number of aryl methyl sites for hydroxylation is 2. The molecular formula is C19H22N2O5S. The molecule has 0 aliphatic heterocycles. The van der Waals surface area contributed by atoms with E-state index in [-0.39, 0.29) is 6.54 Å². The lowest BCUT2D eigenvalue weighted by molar-refractivity contribution is -0.114. The van der Waals surface area contributed by atoms with Crippen molar-refractivity contribution < 1.29 is 22.7 Å². The Morgan fingerprint density at radius 1 is 1.04 bits per heavy atom. The molecular weight excluding hydrogens is 368 g/mol. The molecule has 7 nitrogen and oxygen atoms in total. The molecule has 2 aromatic carbocycles. The van der Waals surface area contributed by atoms with Crippen LogP contribution in [0.4, 0.5) is 11.4 Å². The van der Waals surface area contributed by atoms with Crippen LogP contribution >= 0.6 is 0 Å². The Kier molecular flexibility index (Phi) is 6.22. The second-order valence-corrected chi connectivity index (χ2v) is 8.06. The smallest absolute Gasteiger partial charge is 0.337 e. The Morgan fingerprint density at radius 2 is 1.67 bits per heavy atom. The van der Waals surface area contributed by atoms with Crippen molar-refractivity contribution in [1.82, 2.24) is 0 Å². The number of amides is 1. The first-order valence-corrected chi connectivity index (χ1v) is 10.00. The summed E-state index contributed by atoms with van der Waals surface area (Å²) in [7, 11) is -2.36. The molecule has 0 aliphatic rings. The second kappa shape index (κ2) is 8.22. The van der Waals surface area contributed by atoms with E-state index in [1.54, 1.807) is 24.3 Å². The first-order valence-electron chi connectivity index (χ1n) is 8.15. The predicted molar refractivity (Wildman–Crippen MR) is 105 cm³/mol. The highest BCUT2D eigenvalue weighted by Gasteiger charge is 2.21. The standard InChI is InChI=1S/C19H22N2O5S/c1-13-5-10-17(11-14(13)2)21(27(4,24)25)12-18(22)20-16-8-6-15(7-9-16)19(23)26-3/h5-11H,12H2,1-4H3,(H,20,22). The summed E-state index contributed by atoms with van der Waals surface area (Å²) >= 11 is 0. The Morgan fingerprint density at radius 3 is 2.19 bits per heavy atom. The number of nitrogens with one attached hydrogen (secondary N) is 1. The Labute approximate surface area is 159 Å². The molecule has 0 heterocycles. The van der Waals surface area contributed by atoms with Gasteiger partial charge in [0.2, 0.25) is 15.9 Å². The Balaban J connectivity index is 2.17. The van der Waals surface area contributed by atoms with Crippen LogP contribution in [0.15, 0.2) is 42.5 Å². The number of methoxy groups -OCH3 is 1. The fraction of sp³-hybridized carbons (Fsp3) is 0.263. The van der Waals surface area contributed by atoms with Crippen LogP contribution in [0.25, 0.3) is 0 Å². The van der Waals surface area contributed by atoms with Crippen LogP contribution in [0.3, 0.4) is 0 Å². The molecule has 0 atom stereocenters. The minimum Gasteiger partial charge on any atom is -0.465 e. The van der Waals surface area contributed by atoms with Crippen molar-refractivity contribution in [2.24, 2.45) is 0 Å². The minimum atomic E-state index is -3.64. The molecule has 0 saturated carbocycles. The highest BCUT2D eigenvalue weighted by atomic mass is 32.2. The van der Waals surface area contributed by atoms with Crippen LogP contribution in [0.2, 0.25) is 0 Å². The largest absolute Gasteiger partial charge is 0.465 e. The van der Waals surface area contributed by atoms with E-state index in [1.165, 1.54) is 19.2 Å². The van der Waals surface area contributed by atoms with Gasteiger partial charge in [-0.05, 0) is 61.4 Å². The zero-order valence-electron chi connectivity index (χ0n) is 15.6. The molecule has 8 heteroatoms. The maximum absolute atomic E-state index is 12.4. The van der Waals surface area contributed by atoms with E-state index in [4.69, 9.17) is 0 Å². The van der Waals surface area contributed by atoms with Crippen LogP contribution in [-0.2, 0) is 19.6 Å². The minimum absolute atomic E-state index is 0.350. The summed E-state index contributed by atoms with van der Waals surface area (Å²) in [6.07, 6.45) is 1.06. The SMILES string of the molecule is COC(=O)c1ccc(NC(=O)CN(c2ccc(C)c(C)c2)S(C)(=O)=O)cc1. The number of sulfonamides is 1. The van der Waals surface area contributed by atoms with Gasteiger partial charge in [-0.3, -0.25) is 9.10 Å². The lowest BCUT2D eigenvalue weighted by Gasteiger charge is -2.22. The molecule has 0 spiro atoms. The summed E-state index contributed by atoms with van der Waals surface area (Å²) in [5, 5.41) is 2.63. The van der Waals surface area contributed by atoms with Gasteiger partial charge in [-0.15, -0.1) is 0 Å². The molecule has 0 aliphatic carbocycles. The van der Waals surface area contributed by atoms with Crippen molar-refractivity contribution >= 4 is 33.3 Å². The molecule has 27 heavy (non-hydrogen) atoms. The normalized spacial score (nSPS) is 11.0. The lowest BCUT2D eigenvalue weighted by atomic mass is 10.1. The van der Waals surface area contributed by atoms with Crippen LogP contribution in [0.5, 0.6) is 0 Å². The molecule has 1 N–H and O–H groups in total. The number of anilines is 2. The molecule has 0 radical (unpaired) electrons. The molecule has 144 valence electrons. The average molecular weight is 390 g/mol. The summed E-state index contributed by atoms with van der Waals surface area (Å²) in [5.41, 5.74) is 3.18. The number of carbonyl (C=O) groups excluding carboxylic acids is 2. The van der Waals surface area contributed by atoms with Crippen molar-refractivity contribution in [3.05, 3.63) is 59.2 Å². The average Bonchev–Trinajstić information content (AvgIpc) is 2.61. The summed E-state index contributed by atoms with van der Waals surface area (Å²) < 4.78 is 30.0. The fourth-order valence-electron chi connectivity index (χ4n) is 2.42. The van der Waals surface area contributed by atoms with E-state index in [9.17, 15) is 18.0 Å². The van der Waals surface area contributed by atoms with Crippen LogP contribution in [0, 0.1) is 13.8 Å². The van der Waals surface area contributed by atoms with Gasteiger partial charge in [0.05, 0.1) is 24.6 Å². The topological polar surface area (TPSA) is 92.8 Å². The van der Waals surface area contributed by atoms with E-state index < -0.39 is 21.9 Å². The second-order valence-electron chi connectivity index (χ2n) is 6.16. The van der Waals surface area contributed by atoms with Crippen molar-refractivity contribution in [3.8, 4) is 0 Å². The number of esters is 1. The Hall–Kier alpha value is -2.87. The molecule has 2 aromatic rings. The first-order chi connectivity index (χ1) is 12.6. The highest BCUT2D eigenvalue weighted by molar-refractivity contribution is 7.92. The molecule has 0 aromatic heterocycles. The summed E-state index contributed by atoms with van der Waals surface area (Å²) in [6, 6.07) is 11.3. The zero-order chi connectivity index (χ0) is 20.2. The number of ether oxygens (including phenoxy) is 1. The van der Waals surface area contributed by atoms with Gasteiger partial charge in [0.15, 0.2) is 0 Å². The number of hydrogen-bond donors (Lipinski definition) is 1. The maximum atomic E-state index is 12.4. The van der Waals surface area contributed by atoms with Gasteiger partial charge in [-0.1, -0.05) is 6.07 Å². The number of hydrogen-bond acceptors (Lipinski definition) is 5. The quantitative estimate of drug-likeness (QED) is 0.765. The summed E-state index contributed by atoms with van der Waals surface area (Å²) in [4.78, 5) is 23.8. The third-order valence-electron chi connectivity index (χ3n) is 4.06. The summed E-state index contributed by atoms with van der Waals surface area (Å²) in [5.74, 6) is -0.977. The fourth-order valence-corrected chi connectivity index (χ4v) is 3.27. The number of benzene rings is 2. The third kappa shape index (κ3) is 5.30. The van der Waals surface area contributed by atoms with Gasteiger partial charge >= 0.3 is 5.97 Å². The van der Waals surface area contributed by atoms with E-state index in [2.05, 4.69) is 10.1 Å². The zero-order valence-corrected chi connectivity index (χ0v) is 16.5. The van der Waals surface area contributed by atoms with E-state index in [0.717, 1.165) is 21.7 Å². The molecule has 0 unspecified atom stereocenters. The number of rotatable bonds is 6. The van der Waals surface area contributed by atoms with E-state index >= 15 is 0 Å². The van der Waals surface area contributed by atoms with Gasteiger partial charge in [-0.2, -0.15) is 0 Å². The van der Waals surface area contributed by atoms with Crippen LogP contribution in [-0.4, -0.2) is 40.2 Å². The third-order valence-corrected chi connectivity index (χ3v) is 5.20. The lowest BCUT2D eigenvalue weighted by Crippen LogP contribution is -2.37. The molecule has 2 rings (SSSR count). The predicted octanol–water partition coefficient (Wildman–Crippen LogP) is 2.49. The molecule has 0 bridgehead atoms. The van der Waals surface area contributed by atoms with Crippen molar-refractivity contribution in [2.75, 3.05) is 29.5 Å². The van der Waals surface area contributed by atoms with Gasteiger partial charge in [0, 0.05) is 5.69 Å². The van der Waals surface area contributed by atoms with Gasteiger partial charge in [0.25, 0.3) is 0 Å². The first kappa shape index (κ1) is 20.4. The molecule has 0 fully saturated rings. The van der Waals surface area contributed by atoms with Crippen molar-refractivity contribution in [1.29, 1.82) is 0 Å². The van der Waals surface area contributed by atoms with Gasteiger partial charge in [-0.25, -0.2) is 13.2 Å². The van der Waals surface area contributed by atoms with E-state index in [1.807, 2.05) is 19.9 Å². The highest BCUT2D eigenvalue weighted by Crippen LogP contribution is 2.21. The van der Waals surface area contributed by atoms with Crippen molar-refractivity contribution in [3.63, 3.8) is 0 Å². The van der Waals surface area contributed by atoms with E-state index in [0.29, 0.717) is 16.9 Å². The monoisotopic (exact) mass is 390 g/mol. The number of nitrogens with zero attached hydrogens (tertiary/aromatic N) is 1. The molecule has 0 saturated heterocycles. The van der Waals surface area contributed by atoms with Crippen molar-refractivity contribution in [2.45, 2.75) is 13.8 Å². The van der Waals surface area contributed by atoms with Gasteiger partial charge in [0.1, 0.15) is 6.54 Å². The van der Waals surface area contributed by atoms with Crippen LogP contribution < -0.4 is 9.62 Å². The number of carbonyl (C=O) groups is 2. The summed E-state index contributed by atoms with van der Waals surface area (Å²) in [6.45, 7) is 3.44.